The predicted molar refractivity (Wildman–Crippen MR) is 82.6 cm³/mol. The van der Waals surface area contributed by atoms with Crippen LogP contribution in [0.5, 0.6) is 0 Å². The molecule has 0 aliphatic rings. The average molecular weight is 280 g/mol. The normalized spacial score (nSPS) is 10.7. The SMILES string of the molecule is Cc1cccc(-n2c(Cc3cccc(N)c3)n[nH]c2=O)c1. The van der Waals surface area contributed by atoms with Gasteiger partial charge in [-0.1, -0.05) is 24.3 Å². The van der Waals surface area contributed by atoms with Crippen LogP contribution in [0.1, 0.15) is 17.0 Å². The second-order valence-corrected chi connectivity index (χ2v) is 5.04. The summed E-state index contributed by atoms with van der Waals surface area (Å²) in [6.07, 6.45) is 0.539. The van der Waals surface area contributed by atoms with Crippen LogP contribution >= 0.6 is 0 Å². The molecule has 1 heterocycles. The Kier molecular flexibility index (Phi) is 3.31. The minimum Gasteiger partial charge on any atom is -0.399 e. The van der Waals surface area contributed by atoms with E-state index in [1.54, 1.807) is 4.57 Å². The highest BCUT2D eigenvalue weighted by Gasteiger charge is 2.11. The van der Waals surface area contributed by atoms with Gasteiger partial charge in [0.2, 0.25) is 0 Å². The van der Waals surface area contributed by atoms with Crippen molar-refractivity contribution in [2.45, 2.75) is 13.3 Å². The largest absolute Gasteiger partial charge is 0.399 e. The van der Waals surface area contributed by atoms with Gasteiger partial charge in [-0.25, -0.2) is 14.5 Å². The number of hydrogen-bond donors (Lipinski definition) is 2. The van der Waals surface area contributed by atoms with E-state index < -0.39 is 0 Å². The summed E-state index contributed by atoms with van der Waals surface area (Å²) in [5.74, 6) is 0.663. The molecule has 0 spiro atoms. The number of nitrogen functional groups attached to an aromatic ring is 1. The lowest BCUT2D eigenvalue weighted by Crippen LogP contribution is -2.17. The van der Waals surface area contributed by atoms with Crippen molar-refractivity contribution in [3.8, 4) is 5.69 Å². The molecule has 0 aliphatic carbocycles. The molecule has 5 heteroatoms. The maximum absolute atomic E-state index is 12.0. The number of nitrogens with two attached hydrogens (primary N) is 1. The molecular formula is C16H16N4O. The number of aromatic amines is 1. The highest BCUT2D eigenvalue weighted by molar-refractivity contribution is 5.42. The fourth-order valence-electron chi connectivity index (χ4n) is 2.37. The van der Waals surface area contributed by atoms with Gasteiger partial charge < -0.3 is 5.73 Å². The monoisotopic (exact) mass is 280 g/mol. The summed E-state index contributed by atoms with van der Waals surface area (Å²) in [5.41, 5.74) is 9.18. The molecule has 0 atom stereocenters. The van der Waals surface area contributed by atoms with Crippen LogP contribution in [0, 0.1) is 6.92 Å². The third-order valence-electron chi connectivity index (χ3n) is 3.31. The summed E-state index contributed by atoms with van der Waals surface area (Å²) in [5, 5.41) is 6.65. The molecule has 0 aliphatic heterocycles. The summed E-state index contributed by atoms with van der Waals surface area (Å²) in [4.78, 5) is 12.0. The molecule has 21 heavy (non-hydrogen) atoms. The fraction of sp³-hybridized carbons (Fsp3) is 0.125. The van der Waals surface area contributed by atoms with Crippen molar-refractivity contribution >= 4 is 5.69 Å². The molecule has 5 nitrogen and oxygen atoms in total. The molecular weight excluding hydrogens is 264 g/mol. The second-order valence-electron chi connectivity index (χ2n) is 5.04. The fourth-order valence-corrected chi connectivity index (χ4v) is 2.37. The Balaban J connectivity index is 2.03. The minimum atomic E-state index is -0.237. The number of aryl methyl sites for hydroxylation is 1. The molecule has 0 bridgehead atoms. The van der Waals surface area contributed by atoms with Gasteiger partial charge >= 0.3 is 5.69 Å². The Morgan fingerprint density at radius 1 is 1.19 bits per heavy atom. The van der Waals surface area contributed by atoms with Crippen LogP contribution in [0.15, 0.2) is 53.3 Å². The average Bonchev–Trinajstić information content (AvgIpc) is 2.80. The Morgan fingerprint density at radius 2 is 2.00 bits per heavy atom. The van der Waals surface area contributed by atoms with Crippen molar-refractivity contribution in [3.63, 3.8) is 0 Å². The number of aromatic nitrogens is 3. The summed E-state index contributed by atoms with van der Waals surface area (Å²) < 4.78 is 1.59. The standard InChI is InChI=1S/C16H16N4O/c1-11-4-2-7-14(8-11)20-15(18-19-16(20)21)10-12-5-3-6-13(17)9-12/h2-9H,10,17H2,1H3,(H,19,21). The number of H-pyrrole nitrogens is 1. The number of rotatable bonds is 3. The lowest BCUT2D eigenvalue weighted by molar-refractivity contribution is 0.892. The quantitative estimate of drug-likeness (QED) is 0.721. The Bertz CT molecular complexity index is 832. The van der Waals surface area contributed by atoms with Crippen LogP contribution in [0.25, 0.3) is 5.69 Å². The first-order valence-electron chi connectivity index (χ1n) is 6.71. The molecule has 3 rings (SSSR count). The molecule has 0 amide bonds. The zero-order valence-electron chi connectivity index (χ0n) is 11.7. The predicted octanol–water partition coefficient (Wildman–Crippen LogP) is 2.04. The van der Waals surface area contributed by atoms with E-state index in [-0.39, 0.29) is 5.69 Å². The topological polar surface area (TPSA) is 76.7 Å². The van der Waals surface area contributed by atoms with E-state index in [4.69, 9.17) is 5.73 Å². The molecule has 0 saturated carbocycles. The Labute approximate surface area is 122 Å². The van der Waals surface area contributed by atoms with Gasteiger partial charge in [0.25, 0.3) is 0 Å². The lowest BCUT2D eigenvalue weighted by atomic mass is 10.1. The van der Waals surface area contributed by atoms with Crippen LogP contribution in [0.2, 0.25) is 0 Å². The van der Waals surface area contributed by atoms with Crippen molar-refractivity contribution in [2.24, 2.45) is 0 Å². The van der Waals surface area contributed by atoms with Gasteiger partial charge in [-0.15, -0.1) is 0 Å². The van der Waals surface area contributed by atoms with E-state index in [1.165, 1.54) is 0 Å². The molecule has 0 radical (unpaired) electrons. The van der Waals surface area contributed by atoms with Crippen LogP contribution in [-0.4, -0.2) is 14.8 Å². The molecule has 0 fully saturated rings. The van der Waals surface area contributed by atoms with Crippen LogP contribution in [-0.2, 0) is 6.42 Å². The summed E-state index contributed by atoms with van der Waals surface area (Å²) >= 11 is 0. The van der Waals surface area contributed by atoms with Crippen molar-refractivity contribution in [1.82, 2.24) is 14.8 Å². The van der Waals surface area contributed by atoms with Gasteiger partial charge in [0, 0.05) is 12.1 Å². The number of nitrogens with one attached hydrogen (secondary N) is 1. The third-order valence-corrected chi connectivity index (χ3v) is 3.31. The van der Waals surface area contributed by atoms with Gasteiger partial charge in [0.05, 0.1) is 5.69 Å². The number of benzene rings is 2. The Morgan fingerprint density at radius 3 is 2.76 bits per heavy atom. The van der Waals surface area contributed by atoms with Gasteiger partial charge in [0.15, 0.2) is 0 Å². The third kappa shape index (κ3) is 2.72. The summed E-state index contributed by atoms with van der Waals surface area (Å²) in [7, 11) is 0. The van der Waals surface area contributed by atoms with E-state index in [0.717, 1.165) is 16.8 Å². The van der Waals surface area contributed by atoms with Crippen molar-refractivity contribution in [2.75, 3.05) is 5.73 Å². The van der Waals surface area contributed by atoms with E-state index in [9.17, 15) is 4.79 Å². The van der Waals surface area contributed by atoms with E-state index in [2.05, 4.69) is 10.2 Å². The molecule has 0 saturated heterocycles. The molecule has 1 aromatic heterocycles. The molecule has 0 unspecified atom stereocenters. The van der Waals surface area contributed by atoms with Gasteiger partial charge in [0.1, 0.15) is 5.82 Å². The number of hydrogen-bond acceptors (Lipinski definition) is 3. The van der Waals surface area contributed by atoms with E-state index >= 15 is 0 Å². The minimum absolute atomic E-state index is 0.237. The number of nitrogens with zero attached hydrogens (tertiary/aromatic N) is 2. The first-order chi connectivity index (χ1) is 10.1. The van der Waals surface area contributed by atoms with Crippen molar-refractivity contribution < 1.29 is 0 Å². The van der Waals surface area contributed by atoms with Gasteiger partial charge in [-0.2, -0.15) is 5.10 Å². The lowest BCUT2D eigenvalue weighted by Gasteiger charge is -2.07. The van der Waals surface area contributed by atoms with Crippen molar-refractivity contribution in [1.29, 1.82) is 0 Å². The summed E-state index contributed by atoms with van der Waals surface area (Å²) in [6, 6.07) is 15.4. The smallest absolute Gasteiger partial charge is 0.347 e. The molecule has 106 valence electrons. The maximum Gasteiger partial charge on any atom is 0.347 e. The van der Waals surface area contributed by atoms with Crippen molar-refractivity contribution in [3.05, 3.63) is 76.0 Å². The van der Waals surface area contributed by atoms with Crippen LogP contribution < -0.4 is 11.4 Å². The Hall–Kier alpha value is -2.82. The molecule has 3 aromatic rings. The van der Waals surface area contributed by atoms with E-state index in [0.29, 0.717) is 17.9 Å². The highest BCUT2D eigenvalue weighted by Crippen LogP contribution is 2.14. The van der Waals surface area contributed by atoms with Crippen LogP contribution in [0.3, 0.4) is 0 Å². The zero-order chi connectivity index (χ0) is 14.8. The highest BCUT2D eigenvalue weighted by atomic mass is 16.1. The molecule has 2 aromatic carbocycles. The van der Waals surface area contributed by atoms with Gasteiger partial charge in [-0.3, -0.25) is 0 Å². The van der Waals surface area contributed by atoms with E-state index in [1.807, 2.05) is 55.5 Å². The van der Waals surface area contributed by atoms with Gasteiger partial charge in [-0.05, 0) is 42.3 Å². The first-order valence-corrected chi connectivity index (χ1v) is 6.71. The maximum atomic E-state index is 12.0. The van der Waals surface area contributed by atoms with Crippen LogP contribution in [0.4, 0.5) is 5.69 Å². The second kappa shape index (κ2) is 5.28. The zero-order valence-corrected chi connectivity index (χ0v) is 11.7. The molecule has 3 N–H and O–H groups in total. The number of anilines is 1. The first kappa shape index (κ1) is 13.2. The summed E-state index contributed by atoms with van der Waals surface area (Å²) in [6.45, 7) is 1.99.